The van der Waals surface area contributed by atoms with Crippen molar-refractivity contribution in [1.29, 1.82) is 0 Å². The molecule has 5 N–H and O–H groups in total. The number of likely N-dealkylation sites (N-methyl/N-ethyl adjacent to an activating group) is 1. The molecule has 1 aromatic heterocycles. The average molecular weight is 519 g/mol. The van der Waals surface area contributed by atoms with E-state index in [1.165, 1.54) is 10.6 Å². The molecule has 0 fully saturated rings. The van der Waals surface area contributed by atoms with Crippen molar-refractivity contribution in [2.24, 2.45) is 0 Å². The lowest BCUT2D eigenvalue weighted by Gasteiger charge is -2.30. The van der Waals surface area contributed by atoms with Crippen molar-refractivity contribution in [2.75, 3.05) is 62.3 Å². The van der Waals surface area contributed by atoms with Crippen molar-refractivity contribution in [3.63, 3.8) is 0 Å². The Bertz CT molecular complexity index is 1080. The molecule has 1 aromatic carbocycles. The van der Waals surface area contributed by atoms with Crippen molar-refractivity contribution in [1.82, 2.24) is 15.3 Å². The SMILES string of the molecule is C[N+](C)(CCCCN(c1ccc(Cl)cc1)S(C)(=O)=O)CCNC(=O)c1nc(Cl)c(N)nc1N. The van der Waals surface area contributed by atoms with Gasteiger partial charge in [0.25, 0.3) is 5.91 Å². The molecule has 0 aliphatic rings. The van der Waals surface area contributed by atoms with Crippen LogP contribution in [0, 0.1) is 0 Å². The lowest BCUT2D eigenvalue weighted by molar-refractivity contribution is -0.889. The van der Waals surface area contributed by atoms with Gasteiger partial charge in [-0.2, -0.15) is 0 Å². The summed E-state index contributed by atoms with van der Waals surface area (Å²) in [6.07, 6.45) is 2.67. The first-order chi connectivity index (χ1) is 15.3. The summed E-state index contributed by atoms with van der Waals surface area (Å²) < 4.78 is 26.4. The van der Waals surface area contributed by atoms with E-state index in [2.05, 4.69) is 15.3 Å². The summed E-state index contributed by atoms with van der Waals surface area (Å²) in [4.78, 5) is 20.0. The minimum atomic E-state index is -3.41. The number of benzene rings is 1. The monoisotopic (exact) mass is 518 g/mol. The highest BCUT2D eigenvalue weighted by Crippen LogP contribution is 2.21. The molecule has 1 amide bonds. The summed E-state index contributed by atoms with van der Waals surface area (Å²) in [5, 5.41) is 3.23. The van der Waals surface area contributed by atoms with Crippen molar-refractivity contribution in [2.45, 2.75) is 12.8 Å². The molecule has 0 radical (unpaired) electrons. The second-order valence-corrected chi connectivity index (χ2v) is 11.0. The van der Waals surface area contributed by atoms with E-state index in [1.807, 2.05) is 14.1 Å². The number of hydrogen-bond acceptors (Lipinski definition) is 7. The number of sulfonamides is 1. The Hall–Kier alpha value is -2.34. The van der Waals surface area contributed by atoms with E-state index in [1.54, 1.807) is 24.3 Å². The number of unbranched alkanes of at least 4 members (excludes halogenated alkanes) is 1. The van der Waals surface area contributed by atoms with Crippen LogP contribution in [0.25, 0.3) is 0 Å². The van der Waals surface area contributed by atoms with Crippen molar-refractivity contribution >= 4 is 56.5 Å². The molecule has 0 saturated carbocycles. The van der Waals surface area contributed by atoms with Crippen LogP contribution < -0.4 is 21.1 Å². The number of amides is 1. The summed E-state index contributed by atoms with van der Waals surface area (Å²) in [6.45, 7) is 2.20. The Labute approximate surface area is 204 Å². The number of anilines is 3. The van der Waals surface area contributed by atoms with Gasteiger partial charge in [0.2, 0.25) is 10.0 Å². The summed E-state index contributed by atoms with van der Waals surface area (Å²) in [5.74, 6) is -0.595. The van der Waals surface area contributed by atoms with E-state index in [0.717, 1.165) is 13.0 Å². The molecule has 2 aromatic rings. The van der Waals surface area contributed by atoms with E-state index in [9.17, 15) is 13.2 Å². The Morgan fingerprint density at radius 3 is 2.30 bits per heavy atom. The maximum atomic E-state index is 12.3. The summed E-state index contributed by atoms with van der Waals surface area (Å²) in [6, 6.07) is 6.72. The molecule has 0 atom stereocenters. The van der Waals surface area contributed by atoms with Gasteiger partial charge in [-0.15, -0.1) is 0 Å². The molecule has 2 rings (SSSR count). The predicted octanol–water partition coefficient (Wildman–Crippen LogP) is 2.00. The minimum Gasteiger partial charge on any atom is -0.382 e. The molecule has 0 aliphatic carbocycles. The molecule has 33 heavy (non-hydrogen) atoms. The van der Waals surface area contributed by atoms with Crippen molar-refractivity contribution in [3.8, 4) is 0 Å². The third-order valence-electron chi connectivity index (χ3n) is 5.01. The fourth-order valence-corrected chi connectivity index (χ4v) is 4.38. The lowest BCUT2D eigenvalue weighted by atomic mass is 10.2. The number of nitrogens with two attached hydrogens (primary N) is 2. The highest BCUT2D eigenvalue weighted by Gasteiger charge is 2.20. The largest absolute Gasteiger partial charge is 0.382 e. The second-order valence-electron chi connectivity index (χ2n) is 8.29. The Balaban J connectivity index is 1.83. The number of nitrogens with one attached hydrogen (secondary N) is 1. The number of quaternary nitrogens is 1. The molecule has 0 unspecified atom stereocenters. The van der Waals surface area contributed by atoms with Gasteiger partial charge >= 0.3 is 0 Å². The standard InChI is InChI=1S/C20H29Cl2N7O3S/c1-29(2,13-10-25-20(30)16-18(23)27-19(24)17(22)26-16)12-5-4-11-28(33(3,31)32)15-8-6-14(21)7-9-15/h6-9H,4-5,10-13H2,1-3H3,(H4-,23,24,25,27,30)/p+1. The molecular weight excluding hydrogens is 489 g/mol. The third kappa shape index (κ3) is 8.18. The Morgan fingerprint density at radius 2 is 1.70 bits per heavy atom. The molecule has 0 saturated heterocycles. The molecule has 182 valence electrons. The zero-order valence-corrected chi connectivity index (χ0v) is 21.2. The molecule has 13 heteroatoms. The van der Waals surface area contributed by atoms with Crippen LogP contribution in [0.15, 0.2) is 24.3 Å². The zero-order chi connectivity index (χ0) is 24.8. The molecular formula is C20H30Cl2N7O3S+. The van der Waals surface area contributed by atoms with Crippen LogP contribution in [0.4, 0.5) is 17.3 Å². The lowest BCUT2D eigenvalue weighted by Crippen LogP contribution is -2.46. The van der Waals surface area contributed by atoms with Gasteiger partial charge in [0.05, 0.1) is 45.7 Å². The third-order valence-corrected chi connectivity index (χ3v) is 6.74. The van der Waals surface area contributed by atoms with Crippen LogP contribution in [0.5, 0.6) is 0 Å². The molecule has 0 aliphatic heterocycles. The number of nitrogens with zero attached hydrogens (tertiary/aromatic N) is 4. The number of hydrogen-bond donors (Lipinski definition) is 3. The number of nitrogen functional groups attached to an aromatic ring is 2. The first-order valence-corrected chi connectivity index (χ1v) is 12.8. The van der Waals surface area contributed by atoms with Gasteiger partial charge in [0.15, 0.2) is 22.5 Å². The highest BCUT2D eigenvalue weighted by molar-refractivity contribution is 7.92. The van der Waals surface area contributed by atoms with E-state index in [4.69, 9.17) is 34.7 Å². The predicted molar refractivity (Wildman–Crippen MR) is 133 cm³/mol. The van der Waals surface area contributed by atoms with Crippen molar-refractivity contribution < 1.29 is 17.7 Å². The van der Waals surface area contributed by atoms with Crippen LogP contribution >= 0.6 is 23.2 Å². The fraction of sp³-hybridized carbons (Fsp3) is 0.450. The topological polar surface area (TPSA) is 144 Å². The normalized spacial score (nSPS) is 11.9. The average Bonchev–Trinajstić information content (AvgIpc) is 2.70. The maximum absolute atomic E-state index is 12.3. The van der Waals surface area contributed by atoms with Crippen molar-refractivity contribution in [3.05, 3.63) is 40.1 Å². The zero-order valence-electron chi connectivity index (χ0n) is 18.9. The summed E-state index contributed by atoms with van der Waals surface area (Å²) >= 11 is 11.7. The van der Waals surface area contributed by atoms with Crippen LogP contribution in [-0.4, -0.2) is 75.3 Å². The van der Waals surface area contributed by atoms with Gasteiger partial charge in [-0.05, 0) is 37.1 Å². The number of carbonyl (C=O) groups excluding carboxylic acids is 1. The number of aromatic nitrogens is 2. The molecule has 0 spiro atoms. The van der Waals surface area contributed by atoms with E-state index in [-0.39, 0.29) is 22.5 Å². The van der Waals surface area contributed by atoms with Crippen LogP contribution in [0.1, 0.15) is 23.3 Å². The summed E-state index contributed by atoms with van der Waals surface area (Å²) in [5.41, 5.74) is 11.7. The van der Waals surface area contributed by atoms with Gasteiger partial charge in [0, 0.05) is 11.6 Å². The molecule has 0 bridgehead atoms. The van der Waals surface area contributed by atoms with Crippen LogP contribution in [0.2, 0.25) is 10.2 Å². The van der Waals surface area contributed by atoms with Gasteiger partial charge in [-0.1, -0.05) is 23.2 Å². The van der Waals surface area contributed by atoms with E-state index < -0.39 is 15.9 Å². The first-order valence-electron chi connectivity index (χ1n) is 10.2. The Morgan fingerprint density at radius 1 is 1.06 bits per heavy atom. The smallest absolute Gasteiger partial charge is 0.273 e. The minimum absolute atomic E-state index is 0.0333. The van der Waals surface area contributed by atoms with E-state index in [0.29, 0.717) is 41.2 Å². The summed E-state index contributed by atoms with van der Waals surface area (Å²) in [7, 11) is 0.664. The first kappa shape index (κ1) is 26.9. The van der Waals surface area contributed by atoms with Crippen LogP contribution in [-0.2, 0) is 10.0 Å². The fourth-order valence-electron chi connectivity index (χ4n) is 3.17. The number of rotatable bonds is 11. The Kier molecular flexibility index (Phi) is 9.12. The number of halogens is 2. The van der Waals surface area contributed by atoms with Gasteiger partial charge in [-0.3, -0.25) is 9.10 Å². The highest BCUT2D eigenvalue weighted by atomic mass is 35.5. The van der Waals surface area contributed by atoms with Gasteiger partial charge in [-0.25, -0.2) is 18.4 Å². The second kappa shape index (κ2) is 11.2. The van der Waals surface area contributed by atoms with Gasteiger partial charge < -0.3 is 21.3 Å². The van der Waals surface area contributed by atoms with Crippen LogP contribution in [0.3, 0.4) is 0 Å². The number of carbonyl (C=O) groups is 1. The van der Waals surface area contributed by atoms with E-state index >= 15 is 0 Å². The molecule has 1 heterocycles. The quantitative estimate of drug-likeness (QED) is 0.304. The maximum Gasteiger partial charge on any atom is 0.273 e. The van der Waals surface area contributed by atoms with Gasteiger partial charge in [0.1, 0.15) is 0 Å². The molecule has 10 nitrogen and oxygen atoms in total.